The molecule has 0 spiro atoms. The van der Waals surface area contributed by atoms with E-state index in [0.717, 1.165) is 49.4 Å². The molecule has 0 saturated heterocycles. The van der Waals surface area contributed by atoms with E-state index >= 15 is 0 Å². The summed E-state index contributed by atoms with van der Waals surface area (Å²) in [4.78, 5) is 24.0. The molecule has 7 heteroatoms. The first-order valence-corrected chi connectivity index (χ1v) is 10.5. The summed E-state index contributed by atoms with van der Waals surface area (Å²) >= 11 is 0. The van der Waals surface area contributed by atoms with Crippen molar-refractivity contribution in [3.05, 3.63) is 72.6 Å². The van der Waals surface area contributed by atoms with Gasteiger partial charge in [-0.15, -0.1) is 0 Å². The normalized spacial score (nSPS) is 15.4. The number of aromatic nitrogens is 3. The van der Waals surface area contributed by atoms with Crippen molar-refractivity contribution in [2.45, 2.75) is 31.8 Å². The number of imidazole rings is 1. The first kappa shape index (κ1) is 20.1. The van der Waals surface area contributed by atoms with Crippen LogP contribution in [0.1, 0.15) is 30.1 Å². The van der Waals surface area contributed by atoms with Crippen LogP contribution in [-0.2, 0) is 17.8 Å². The van der Waals surface area contributed by atoms with Crippen LogP contribution in [0.2, 0.25) is 0 Å². The number of fused-ring (bicyclic) bond motifs is 1. The van der Waals surface area contributed by atoms with Crippen LogP contribution in [0.3, 0.4) is 0 Å². The van der Waals surface area contributed by atoms with E-state index in [1.54, 1.807) is 19.6 Å². The Labute approximate surface area is 177 Å². The maximum absolute atomic E-state index is 13.3. The molecule has 0 radical (unpaired) electrons. The van der Waals surface area contributed by atoms with Gasteiger partial charge >= 0.3 is 0 Å². The number of hydrogen-bond donors (Lipinski definition) is 2. The van der Waals surface area contributed by atoms with Crippen LogP contribution in [-0.4, -0.2) is 40.6 Å². The predicted molar refractivity (Wildman–Crippen MR) is 118 cm³/mol. The van der Waals surface area contributed by atoms with Gasteiger partial charge in [-0.3, -0.25) is 9.78 Å². The molecule has 1 aliphatic carbocycles. The van der Waals surface area contributed by atoms with Crippen LogP contribution in [0.4, 0.5) is 11.4 Å². The van der Waals surface area contributed by atoms with Crippen LogP contribution in [0.25, 0.3) is 0 Å². The maximum Gasteiger partial charge on any atom is 0.241 e. The number of carbonyl (C=O) groups is 1. The molecule has 0 aliphatic heterocycles. The molecule has 2 N–H and O–H groups in total. The third-order valence-corrected chi connectivity index (χ3v) is 5.48. The highest BCUT2D eigenvalue weighted by Crippen LogP contribution is 2.38. The highest BCUT2D eigenvalue weighted by Gasteiger charge is 2.32. The Hall–Kier alpha value is -3.19. The van der Waals surface area contributed by atoms with E-state index in [9.17, 15) is 4.79 Å². The zero-order chi connectivity index (χ0) is 20.8. The number of carbonyl (C=O) groups excluding carboxylic acids is 1. The number of nitrogens with zero attached hydrogens (tertiary/aromatic N) is 4. The Bertz CT molecular complexity index is 971. The minimum Gasteiger partial charge on any atom is -0.382 e. The van der Waals surface area contributed by atoms with Gasteiger partial charge in [0, 0.05) is 31.7 Å². The van der Waals surface area contributed by atoms with Crippen LogP contribution < -0.4 is 15.5 Å². The van der Waals surface area contributed by atoms with Gasteiger partial charge in [-0.25, -0.2) is 4.98 Å². The molecule has 3 aromatic rings. The molecule has 156 valence electrons. The second-order valence-corrected chi connectivity index (χ2v) is 7.49. The number of para-hydroxylation sites is 2. The molecule has 1 aromatic carbocycles. The van der Waals surface area contributed by atoms with E-state index in [2.05, 4.69) is 26.7 Å². The molecule has 1 unspecified atom stereocenters. The van der Waals surface area contributed by atoms with Gasteiger partial charge in [-0.1, -0.05) is 18.2 Å². The van der Waals surface area contributed by atoms with Crippen LogP contribution in [0.15, 0.2) is 61.3 Å². The lowest BCUT2D eigenvalue weighted by Crippen LogP contribution is -2.42. The number of pyridine rings is 1. The lowest BCUT2D eigenvalue weighted by molar-refractivity contribution is -0.118. The monoisotopic (exact) mass is 404 g/mol. The number of nitrogens with one attached hydrogen (secondary N) is 2. The van der Waals surface area contributed by atoms with E-state index < -0.39 is 0 Å². The van der Waals surface area contributed by atoms with Gasteiger partial charge in [0.15, 0.2) is 0 Å². The number of rotatable bonds is 8. The summed E-state index contributed by atoms with van der Waals surface area (Å²) in [7, 11) is 1.80. The molecular formula is C23H28N6O. The van der Waals surface area contributed by atoms with Gasteiger partial charge in [-0.05, 0) is 50.1 Å². The highest BCUT2D eigenvalue weighted by molar-refractivity contribution is 5.98. The molecule has 7 nitrogen and oxygen atoms in total. The van der Waals surface area contributed by atoms with E-state index in [4.69, 9.17) is 0 Å². The molecule has 4 rings (SSSR count). The second kappa shape index (κ2) is 9.54. The summed E-state index contributed by atoms with van der Waals surface area (Å²) < 4.78 is 2.03. The molecule has 0 fully saturated rings. The van der Waals surface area contributed by atoms with Crippen LogP contribution in [0, 0.1) is 0 Å². The minimum absolute atomic E-state index is 0.0462. The van der Waals surface area contributed by atoms with Crippen molar-refractivity contribution >= 4 is 17.3 Å². The zero-order valence-corrected chi connectivity index (χ0v) is 17.3. The topological polar surface area (TPSA) is 75.1 Å². The minimum atomic E-state index is -0.0626. The summed E-state index contributed by atoms with van der Waals surface area (Å²) in [5, 5.41) is 6.53. The van der Waals surface area contributed by atoms with Gasteiger partial charge in [0.05, 0.1) is 36.0 Å². The quantitative estimate of drug-likeness (QED) is 0.604. The average Bonchev–Trinajstić information content (AvgIpc) is 3.29. The maximum atomic E-state index is 13.3. The van der Waals surface area contributed by atoms with E-state index in [1.165, 1.54) is 5.56 Å². The summed E-state index contributed by atoms with van der Waals surface area (Å²) in [5.74, 6) is 0.0462. The molecule has 2 aromatic heterocycles. The van der Waals surface area contributed by atoms with E-state index in [-0.39, 0.29) is 18.5 Å². The number of likely N-dealkylation sites (N-methyl/N-ethyl adjacent to an activating group) is 1. The van der Waals surface area contributed by atoms with Crippen molar-refractivity contribution < 1.29 is 4.79 Å². The highest BCUT2D eigenvalue weighted by atomic mass is 16.2. The molecule has 0 bridgehead atoms. The summed E-state index contributed by atoms with van der Waals surface area (Å²) in [6.45, 7) is 1.82. The van der Waals surface area contributed by atoms with Crippen molar-refractivity contribution in [3.8, 4) is 0 Å². The molecule has 1 amide bonds. The standard InChI is InChI=1S/C23H28N6O/c1-24-16-22(30)29(21-10-4-6-18-7-5-11-27-23(18)21)20-9-3-2-8-19(20)26-13-15-28-14-12-25-17-28/h2-3,5,7-9,11-12,14,17,21,24,26H,4,6,10,13,15-16H2,1H3. The van der Waals surface area contributed by atoms with Gasteiger partial charge in [0.1, 0.15) is 0 Å². The van der Waals surface area contributed by atoms with Crippen molar-refractivity contribution in [2.75, 3.05) is 30.4 Å². The van der Waals surface area contributed by atoms with Gasteiger partial charge in [-0.2, -0.15) is 0 Å². The number of hydrogen-bond acceptors (Lipinski definition) is 5. The Morgan fingerprint density at radius 3 is 2.97 bits per heavy atom. The summed E-state index contributed by atoms with van der Waals surface area (Å²) in [6, 6.07) is 12.1. The summed E-state index contributed by atoms with van der Waals surface area (Å²) in [6.07, 6.45) is 10.3. The Morgan fingerprint density at radius 2 is 2.13 bits per heavy atom. The Kier molecular flexibility index (Phi) is 6.39. The van der Waals surface area contributed by atoms with Crippen molar-refractivity contribution in [1.29, 1.82) is 0 Å². The largest absolute Gasteiger partial charge is 0.382 e. The third-order valence-electron chi connectivity index (χ3n) is 5.48. The lowest BCUT2D eigenvalue weighted by atomic mass is 9.90. The smallest absolute Gasteiger partial charge is 0.241 e. The SMILES string of the molecule is CNCC(=O)N(c1ccccc1NCCn1ccnc1)C1CCCc2cccnc21. The predicted octanol–water partition coefficient (Wildman–Crippen LogP) is 3.02. The van der Waals surface area contributed by atoms with E-state index in [0.29, 0.717) is 0 Å². The number of benzene rings is 1. The Morgan fingerprint density at radius 1 is 1.23 bits per heavy atom. The average molecular weight is 405 g/mol. The van der Waals surface area contributed by atoms with Crippen LogP contribution >= 0.6 is 0 Å². The fraction of sp³-hybridized carbons (Fsp3) is 0.348. The van der Waals surface area contributed by atoms with Crippen molar-refractivity contribution in [3.63, 3.8) is 0 Å². The molecule has 0 saturated carbocycles. The van der Waals surface area contributed by atoms with Crippen molar-refractivity contribution in [1.82, 2.24) is 19.9 Å². The first-order valence-electron chi connectivity index (χ1n) is 10.5. The summed E-state index contributed by atoms with van der Waals surface area (Å²) in [5.41, 5.74) is 4.10. The third kappa shape index (κ3) is 4.36. The van der Waals surface area contributed by atoms with Gasteiger partial charge in [0.2, 0.25) is 5.91 Å². The number of anilines is 2. The van der Waals surface area contributed by atoms with Crippen LogP contribution in [0.5, 0.6) is 0 Å². The second-order valence-electron chi connectivity index (χ2n) is 7.49. The Balaban J connectivity index is 1.64. The van der Waals surface area contributed by atoms with Gasteiger partial charge < -0.3 is 20.1 Å². The van der Waals surface area contributed by atoms with Gasteiger partial charge in [0.25, 0.3) is 0 Å². The fourth-order valence-electron chi connectivity index (χ4n) is 4.12. The number of amides is 1. The molecular weight excluding hydrogens is 376 g/mol. The number of aryl methyl sites for hydroxylation is 1. The molecule has 1 aliphatic rings. The van der Waals surface area contributed by atoms with E-state index in [1.807, 2.05) is 52.2 Å². The lowest BCUT2D eigenvalue weighted by Gasteiger charge is -2.36. The molecule has 2 heterocycles. The zero-order valence-electron chi connectivity index (χ0n) is 17.3. The molecule has 30 heavy (non-hydrogen) atoms. The van der Waals surface area contributed by atoms with Crippen molar-refractivity contribution in [2.24, 2.45) is 0 Å². The fourth-order valence-corrected chi connectivity index (χ4v) is 4.12. The first-order chi connectivity index (χ1) is 14.8. The molecule has 1 atom stereocenters.